The minimum Gasteiger partial charge on any atom is -0.0616 e. The van der Waals surface area contributed by atoms with Crippen LogP contribution in [0.2, 0.25) is 0 Å². The van der Waals surface area contributed by atoms with Gasteiger partial charge in [0.15, 0.2) is 0 Å². The Bertz CT molecular complexity index is 7750. The Kier molecular flexibility index (Phi) is 4.03. The van der Waals surface area contributed by atoms with E-state index in [2.05, 4.69) is 0 Å². The minimum atomic E-state index is -0.957. The fourth-order valence-corrected chi connectivity index (χ4v) is 9.25. The molecule has 0 nitrogen and oxygen atoms in total. The third kappa shape index (κ3) is 7.14. The van der Waals surface area contributed by atoms with E-state index in [9.17, 15) is 21.9 Å². The lowest BCUT2D eigenvalue weighted by Crippen LogP contribution is -1.92. The number of hydrogen-bond donors (Lipinski definition) is 0. The molecular formula is C76H48. The van der Waals surface area contributed by atoms with Crippen molar-refractivity contribution in [2.24, 2.45) is 0 Å². The van der Waals surface area contributed by atoms with Gasteiger partial charge in [-0.2, -0.15) is 0 Å². The third-order valence-corrected chi connectivity index (χ3v) is 12.4. The third-order valence-electron chi connectivity index (χ3n) is 12.4. The molecule has 76 heavy (non-hydrogen) atoms. The van der Waals surface area contributed by atoms with E-state index in [4.69, 9.17) is 43.9 Å². The molecule has 0 bridgehead atoms. The molecule has 0 N–H and O–H groups in total. The van der Waals surface area contributed by atoms with E-state index in [1.54, 1.807) is 0 Å². The van der Waals surface area contributed by atoms with Gasteiger partial charge >= 0.3 is 0 Å². The van der Waals surface area contributed by atoms with Crippen LogP contribution >= 0.6 is 0 Å². The smallest absolute Gasteiger partial charge is 0.0616 e. The summed E-state index contributed by atoms with van der Waals surface area (Å²) in [5.41, 5.74) is -5.59. The van der Waals surface area contributed by atoms with Gasteiger partial charge in [-0.15, -0.1) is 0 Å². The molecule has 0 atom stereocenters. The quantitative estimate of drug-likeness (QED) is 0.122. The highest BCUT2D eigenvalue weighted by molar-refractivity contribution is 6.27. The number of hydrogen-bond acceptors (Lipinski definition) is 0. The van der Waals surface area contributed by atoms with Crippen LogP contribution in [-0.4, -0.2) is 0 Å². The van der Waals surface area contributed by atoms with E-state index in [1.165, 1.54) is 0 Å². The molecule has 0 heteroatoms. The van der Waals surface area contributed by atoms with Crippen LogP contribution in [0.3, 0.4) is 0 Å². The van der Waals surface area contributed by atoms with Gasteiger partial charge in [-0.05, 0) is 170 Å². The van der Waals surface area contributed by atoms with Gasteiger partial charge in [0.2, 0.25) is 0 Å². The summed E-state index contributed by atoms with van der Waals surface area (Å²) in [6.45, 7) is 0. The van der Waals surface area contributed by atoms with Crippen molar-refractivity contribution in [2.45, 2.75) is 0 Å². The van der Waals surface area contributed by atoms with Crippen LogP contribution in [0.5, 0.6) is 0 Å². The molecular weight excluding hydrogens is 913 g/mol. The predicted octanol–water partition coefficient (Wildman–Crippen LogP) is 21.6. The van der Waals surface area contributed by atoms with Gasteiger partial charge < -0.3 is 0 Å². The standard InChI is InChI=1S/2C38H24/c1-2-12-28-24-29(23-20-25(28)10-1)37-31-15-5-7-17-33(31)38(34-18-8-6-16-32(34)37)35-19-9-13-27-22-21-26-11-3-4-14-30(26)36(27)35;1-2-11-28-23-29(21-17-25(28)9-1)37-32-13-5-7-15-34(32)38(35-16-8-6-14-33(35)37)30-22-20-27-19-18-26-10-3-4-12-31(26)36(27)24-30/h2*1-24H/i2*1D,2D,3D,4D,5D,6D,7D,8D,9D,10D,11D,12D,13D,14D,15D,16D,17D,18D,19D,20D,21D,22D,23D,24D. The fourth-order valence-electron chi connectivity index (χ4n) is 9.25. The van der Waals surface area contributed by atoms with E-state index in [0.717, 1.165) is 0 Å². The van der Waals surface area contributed by atoms with Gasteiger partial charge in [-0.25, -0.2) is 0 Å². The van der Waals surface area contributed by atoms with Gasteiger partial charge in [0.1, 0.15) is 0 Å². The number of rotatable bonds is 4. The Morgan fingerprint density at radius 3 is 0.921 bits per heavy atom. The van der Waals surface area contributed by atoms with Gasteiger partial charge in [0, 0.05) is 0 Å². The summed E-state index contributed by atoms with van der Waals surface area (Å²) in [5, 5.41) is -12.2. The monoisotopic (exact) mass is 1010 g/mol. The van der Waals surface area contributed by atoms with Crippen LogP contribution in [0.15, 0.2) is 290 Å². The Morgan fingerprint density at radius 2 is 0.461 bits per heavy atom. The lowest BCUT2D eigenvalue weighted by molar-refractivity contribution is 1.68. The summed E-state index contributed by atoms with van der Waals surface area (Å²) in [5.74, 6) is 0. The summed E-state index contributed by atoms with van der Waals surface area (Å²) in [6.07, 6.45) is 0. The fraction of sp³-hybridized carbons (Fsp3) is 0. The van der Waals surface area contributed by atoms with Crippen LogP contribution in [0.25, 0.3) is 152 Å². The molecule has 0 spiro atoms. The van der Waals surface area contributed by atoms with E-state index in [0.29, 0.717) is 0 Å². The average Bonchev–Trinajstić information content (AvgIpc) is 0.683. The first kappa shape index (κ1) is 17.1. The number of fused-ring (bicyclic) bond motifs is 12. The summed E-state index contributed by atoms with van der Waals surface area (Å²) >= 11 is 0. The molecule has 16 rings (SSSR count). The first-order valence-corrected chi connectivity index (χ1v) is 22.5. The summed E-state index contributed by atoms with van der Waals surface area (Å²) in [7, 11) is 0. The zero-order valence-corrected chi connectivity index (χ0v) is 38.0. The van der Waals surface area contributed by atoms with E-state index >= 15 is 0 Å². The molecule has 0 aromatic heterocycles. The predicted molar refractivity (Wildman–Crippen MR) is 330 cm³/mol. The van der Waals surface area contributed by atoms with Crippen LogP contribution in [-0.2, 0) is 0 Å². The van der Waals surface area contributed by atoms with Crippen molar-refractivity contribution < 1.29 is 65.8 Å². The zero-order chi connectivity index (χ0) is 91.9. The second-order valence-corrected chi connectivity index (χ2v) is 16.5. The summed E-state index contributed by atoms with van der Waals surface area (Å²) in [4.78, 5) is 0. The lowest BCUT2D eigenvalue weighted by Gasteiger charge is -2.19. The molecule has 0 saturated carbocycles. The first-order chi connectivity index (χ1) is 57.7. The van der Waals surface area contributed by atoms with Crippen molar-refractivity contribution in [3.05, 3.63) is 290 Å². The van der Waals surface area contributed by atoms with Crippen molar-refractivity contribution in [1.29, 1.82) is 0 Å². The van der Waals surface area contributed by atoms with Crippen molar-refractivity contribution in [1.82, 2.24) is 0 Å². The normalized spacial score (nSPS) is 20.5. The molecule has 16 aromatic rings. The Balaban J connectivity index is 0.000000192. The highest BCUT2D eigenvalue weighted by atomic mass is 14.2. The average molecular weight is 1010 g/mol. The maximum Gasteiger partial charge on any atom is 0.0636 e. The molecule has 0 heterocycles. The molecule has 0 saturated heterocycles. The Morgan fingerprint density at radius 1 is 0.171 bits per heavy atom. The van der Waals surface area contributed by atoms with Gasteiger partial charge in [0.25, 0.3) is 0 Å². The van der Waals surface area contributed by atoms with E-state index in [-0.39, 0.29) is 0 Å². The van der Waals surface area contributed by atoms with E-state index < -0.39 is 442 Å². The highest BCUT2D eigenvalue weighted by Gasteiger charge is 2.20. The van der Waals surface area contributed by atoms with Crippen molar-refractivity contribution in [2.75, 3.05) is 0 Å². The molecule has 0 amide bonds. The molecule has 0 aliphatic rings. The minimum absolute atomic E-state index is 0.512. The van der Waals surface area contributed by atoms with Crippen molar-refractivity contribution >= 4 is 108 Å². The lowest BCUT2D eigenvalue weighted by atomic mass is 9.84. The van der Waals surface area contributed by atoms with E-state index in [1.807, 2.05) is 0 Å². The molecule has 0 unspecified atom stereocenters. The van der Waals surface area contributed by atoms with Gasteiger partial charge in [0.05, 0.1) is 65.8 Å². The summed E-state index contributed by atoms with van der Waals surface area (Å²) < 4.78 is 427. The Labute approximate surface area is 508 Å². The maximum atomic E-state index is 9.69. The number of benzene rings is 16. The molecule has 0 fully saturated rings. The van der Waals surface area contributed by atoms with Crippen molar-refractivity contribution in [3.63, 3.8) is 0 Å². The van der Waals surface area contributed by atoms with Crippen LogP contribution in [0, 0.1) is 0 Å². The first-order valence-electron chi connectivity index (χ1n) is 46.5. The maximum absolute atomic E-state index is 9.69. The SMILES string of the molecule is [2H]c1c([2H])c([2H])c2c([2H])c(-c3c4c([2H])c([2H])c([2H])c([2H])c4c(-c4c([2H])c([2H])c([2H])c5c([2H])c([2H])c6c([2H])c([2H])c([2H])c([2H])c6c45)c4c([2H])c([2H])c([2H])c([2H])c34)c([2H])c([2H])c2c1[2H].[2H]c1c([2H])c([2H])c2c([2H])c(-c3c4c([2H])c([2H])c([2H])c([2H])c4c(-c4c([2H])c([2H])c5c([2H])c([2H])c6c([2H])c([2H])c([2H])c([2H])c6c5c4[2H])c4c([2H])c([2H])c([2H])c([2H])c34)c([2H])c([2H])c2c1[2H]. The molecule has 16 aromatic carbocycles. The second-order valence-electron chi connectivity index (χ2n) is 16.5. The van der Waals surface area contributed by atoms with Gasteiger partial charge in [-0.3, -0.25) is 0 Å². The second kappa shape index (κ2) is 18.0. The molecule has 0 radical (unpaired) electrons. The zero-order valence-electron chi connectivity index (χ0n) is 86.0. The van der Waals surface area contributed by atoms with Crippen LogP contribution < -0.4 is 0 Å². The van der Waals surface area contributed by atoms with Crippen LogP contribution in [0.1, 0.15) is 65.8 Å². The van der Waals surface area contributed by atoms with Gasteiger partial charge in [-0.1, -0.05) is 272 Å². The van der Waals surface area contributed by atoms with Crippen LogP contribution in [0.4, 0.5) is 0 Å². The molecule has 0 aliphatic carbocycles. The molecule has 0 aliphatic heterocycles. The largest absolute Gasteiger partial charge is 0.0636 e. The highest BCUT2D eigenvalue weighted by Crippen LogP contribution is 2.48. The topological polar surface area (TPSA) is 0 Å². The van der Waals surface area contributed by atoms with Crippen molar-refractivity contribution in [3.8, 4) is 44.5 Å². The Hall–Kier alpha value is -9.88. The summed E-state index contributed by atoms with van der Waals surface area (Å²) in [6, 6.07) is -42.1. The molecule has 352 valence electrons.